The summed E-state index contributed by atoms with van der Waals surface area (Å²) in [5, 5.41) is 11.0. The SMILES string of the molecule is COC(=O)c1ccc(-c2n[nH]nc2-c2ccncc2)cc1. The molecule has 0 spiro atoms. The molecule has 2 heterocycles. The van der Waals surface area contributed by atoms with E-state index in [9.17, 15) is 4.79 Å². The Balaban J connectivity index is 1.99. The number of methoxy groups -OCH3 is 1. The van der Waals surface area contributed by atoms with Gasteiger partial charge in [0.15, 0.2) is 0 Å². The van der Waals surface area contributed by atoms with Crippen LogP contribution in [0.25, 0.3) is 22.5 Å². The molecule has 0 aliphatic heterocycles. The highest BCUT2D eigenvalue weighted by atomic mass is 16.5. The smallest absolute Gasteiger partial charge is 0.337 e. The highest BCUT2D eigenvalue weighted by molar-refractivity contribution is 5.90. The summed E-state index contributed by atoms with van der Waals surface area (Å²) in [6.45, 7) is 0. The van der Waals surface area contributed by atoms with Crippen LogP contribution in [-0.4, -0.2) is 33.5 Å². The molecule has 0 aliphatic carbocycles. The molecule has 1 N–H and O–H groups in total. The van der Waals surface area contributed by atoms with Crippen molar-refractivity contribution in [1.29, 1.82) is 0 Å². The molecule has 0 fully saturated rings. The monoisotopic (exact) mass is 280 g/mol. The number of pyridine rings is 1. The van der Waals surface area contributed by atoms with Crippen LogP contribution in [0.5, 0.6) is 0 Å². The maximum atomic E-state index is 11.4. The molecule has 2 aromatic heterocycles. The molecule has 0 bridgehead atoms. The first-order chi connectivity index (χ1) is 10.3. The van der Waals surface area contributed by atoms with Crippen molar-refractivity contribution in [2.75, 3.05) is 7.11 Å². The zero-order valence-electron chi connectivity index (χ0n) is 11.3. The van der Waals surface area contributed by atoms with Crippen LogP contribution in [-0.2, 0) is 4.74 Å². The van der Waals surface area contributed by atoms with Gasteiger partial charge in [0.2, 0.25) is 0 Å². The van der Waals surface area contributed by atoms with Gasteiger partial charge in [-0.15, -0.1) is 0 Å². The van der Waals surface area contributed by atoms with E-state index in [-0.39, 0.29) is 5.97 Å². The zero-order chi connectivity index (χ0) is 14.7. The molecule has 0 unspecified atom stereocenters. The third-order valence-electron chi connectivity index (χ3n) is 3.08. The number of carbonyl (C=O) groups is 1. The molecular weight excluding hydrogens is 268 g/mol. The van der Waals surface area contributed by atoms with Gasteiger partial charge in [0.25, 0.3) is 0 Å². The van der Waals surface area contributed by atoms with Crippen LogP contribution >= 0.6 is 0 Å². The van der Waals surface area contributed by atoms with Gasteiger partial charge in [0.05, 0.1) is 12.7 Å². The fourth-order valence-corrected chi connectivity index (χ4v) is 2.03. The predicted molar refractivity (Wildman–Crippen MR) is 76.4 cm³/mol. The summed E-state index contributed by atoms with van der Waals surface area (Å²) in [4.78, 5) is 15.4. The average Bonchev–Trinajstić information content (AvgIpc) is 3.04. The molecule has 0 saturated carbocycles. The standard InChI is InChI=1S/C15H12N4O2/c1-21-15(20)12-4-2-10(3-5-12)13-14(18-19-17-13)11-6-8-16-9-7-11/h2-9H,1H3,(H,17,18,19). The highest BCUT2D eigenvalue weighted by Crippen LogP contribution is 2.27. The van der Waals surface area contributed by atoms with Crippen LogP contribution in [0, 0.1) is 0 Å². The molecule has 1 aromatic carbocycles. The average molecular weight is 280 g/mol. The number of hydrogen-bond donors (Lipinski definition) is 1. The van der Waals surface area contributed by atoms with Crippen molar-refractivity contribution in [3.05, 3.63) is 54.4 Å². The number of benzene rings is 1. The van der Waals surface area contributed by atoms with Gasteiger partial charge in [-0.2, -0.15) is 15.4 Å². The van der Waals surface area contributed by atoms with Crippen molar-refractivity contribution in [3.8, 4) is 22.5 Å². The maximum Gasteiger partial charge on any atom is 0.337 e. The van der Waals surface area contributed by atoms with Crippen LogP contribution in [0.3, 0.4) is 0 Å². The van der Waals surface area contributed by atoms with E-state index in [4.69, 9.17) is 0 Å². The molecule has 0 aliphatic rings. The summed E-state index contributed by atoms with van der Waals surface area (Å²) in [6.07, 6.45) is 3.41. The van der Waals surface area contributed by atoms with E-state index >= 15 is 0 Å². The number of carbonyl (C=O) groups excluding carboxylic acids is 1. The number of aromatic nitrogens is 4. The number of hydrogen-bond acceptors (Lipinski definition) is 5. The predicted octanol–water partition coefficient (Wildman–Crippen LogP) is 2.32. The first kappa shape index (κ1) is 13.0. The van der Waals surface area contributed by atoms with E-state index in [1.54, 1.807) is 24.5 Å². The highest BCUT2D eigenvalue weighted by Gasteiger charge is 2.13. The lowest BCUT2D eigenvalue weighted by Gasteiger charge is -2.03. The number of rotatable bonds is 3. The second-order valence-corrected chi connectivity index (χ2v) is 4.33. The number of ether oxygens (including phenoxy) is 1. The van der Waals surface area contributed by atoms with Gasteiger partial charge in [-0.3, -0.25) is 4.98 Å². The van der Waals surface area contributed by atoms with Crippen molar-refractivity contribution >= 4 is 5.97 Å². The molecule has 3 aromatic rings. The van der Waals surface area contributed by atoms with E-state index in [2.05, 4.69) is 25.1 Å². The van der Waals surface area contributed by atoms with Crippen LogP contribution < -0.4 is 0 Å². The van der Waals surface area contributed by atoms with E-state index in [0.717, 1.165) is 22.5 Å². The Hall–Kier alpha value is -3.02. The second kappa shape index (κ2) is 5.54. The van der Waals surface area contributed by atoms with E-state index in [1.807, 2.05) is 24.3 Å². The molecule has 6 nitrogen and oxygen atoms in total. The van der Waals surface area contributed by atoms with Crippen molar-refractivity contribution < 1.29 is 9.53 Å². The number of esters is 1. The maximum absolute atomic E-state index is 11.4. The molecular formula is C15H12N4O2. The Morgan fingerprint density at radius 2 is 1.52 bits per heavy atom. The van der Waals surface area contributed by atoms with Crippen LogP contribution in [0.2, 0.25) is 0 Å². The topological polar surface area (TPSA) is 80.8 Å². The summed E-state index contributed by atoms with van der Waals surface area (Å²) in [5.74, 6) is -0.365. The fraction of sp³-hybridized carbons (Fsp3) is 0.0667. The number of H-pyrrole nitrogens is 1. The van der Waals surface area contributed by atoms with E-state index in [0.29, 0.717) is 5.56 Å². The van der Waals surface area contributed by atoms with Gasteiger partial charge in [-0.25, -0.2) is 4.79 Å². The first-order valence-corrected chi connectivity index (χ1v) is 6.29. The molecule has 104 valence electrons. The van der Waals surface area contributed by atoms with E-state index < -0.39 is 0 Å². The lowest BCUT2D eigenvalue weighted by atomic mass is 10.0. The largest absolute Gasteiger partial charge is 0.465 e. The second-order valence-electron chi connectivity index (χ2n) is 4.33. The third-order valence-corrected chi connectivity index (χ3v) is 3.08. The summed E-state index contributed by atoms with van der Waals surface area (Å²) in [5.41, 5.74) is 3.74. The Bertz CT molecular complexity index is 751. The number of aromatic amines is 1. The molecule has 6 heteroatoms. The minimum absolute atomic E-state index is 0.365. The van der Waals surface area contributed by atoms with Gasteiger partial charge < -0.3 is 4.74 Å². The number of nitrogens with zero attached hydrogens (tertiary/aromatic N) is 3. The molecule has 21 heavy (non-hydrogen) atoms. The van der Waals surface area contributed by atoms with Crippen LogP contribution in [0.15, 0.2) is 48.8 Å². The lowest BCUT2D eigenvalue weighted by Crippen LogP contribution is -2.00. The quantitative estimate of drug-likeness (QED) is 0.745. The number of nitrogens with one attached hydrogen (secondary N) is 1. The van der Waals surface area contributed by atoms with Gasteiger partial charge in [-0.1, -0.05) is 12.1 Å². The van der Waals surface area contributed by atoms with Crippen molar-refractivity contribution in [2.24, 2.45) is 0 Å². The normalized spacial score (nSPS) is 10.3. The van der Waals surface area contributed by atoms with Gasteiger partial charge in [0, 0.05) is 23.5 Å². The van der Waals surface area contributed by atoms with E-state index in [1.165, 1.54) is 7.11 Å². The Morgan fingerprint density at radius 3 is 2.10 bits per heavy atom. The fourth-order valence-electron chi connectivity index (χ4n) is 2.03. The summed E-state index contributed by atoms with van der Waals surface area (Å²) in [6, 6.07) is 10.8. The van der Waals surface area contributed by atoms with Crippen molar-refractivity contribution in [2.45, 2.75) is 0 Å². The molecule has 0 atom stereocenters. The molecule has 3 rings (SSSR count). The summed E-state index contributed by atoms with van der Waals surface area (Å²) < 4.78 is 4.68. The van der Waals surface area contributed by atoms with Gasteiger partial charge in [-0.05, 0) is 24.3 Å². The molecule has 0 saturated heterocycles. The summed E-state index contributed by atoms with van der Waals surface area (Å²) in [7, 11) is 1.36. The summed E-state index contributed by atoms with van der Waals surface area (Å²) >= 11 is 0. The van der Waals surface area contributed by atoms with Gasteiger partial charge >= 0.3 is 5.97 Å². The Kier molecular flexibility index (Phi) is 3.42. The Labute approximate surface area is 120 Å². The third kappa shape index (κ3) is 2.51. The lowest BCUT2D eigenvalue weighted by molar-refractivity contribution is 0.0601. The first-order valence-electron chi connectivity index (χ1n) is 6.29. The minimum Gasteiger partial charge on any atom is -0.465 e. The minimum atomic E-state index is -0.365. The van der Waals surface area contributed by atoms with Crippen LogP contribution in [0.4, 0.5) is 0 Å². The molecule has 0 radical (unpaired) electrons. The Morgan fingerprint density at radius 1 is 0.952 bits per heavy atom. The van der Waals surface area contributed by atoms with Crippen LogP contribution in [0.1, 0.15) is 10.4 Å². The molecule has 0 amide bonds. The zero-order valence-corrected chi connectivity index (χ0v) is 11.3. The van der Waals surface area contributed by atoms with Gasteiger partial charge in [0.1, 0.15) is 11.4 Å². The van der Waals surface area contributed by atoms with Crippen molar-refractivity contribution in [3.63, 3.8) is 0 Å². The van der Waals surface area contributed by atoms with Crippen molar-refractivity contribution in [1.82, 2.24) is 20.4 Å².